The number of urea groups is 1. The topological polar surface area (TPSA) is 54.0 Å². The minimum absolute atomic E-state index is 0.289. The van der Waals surface area contributed by atoms with Crippen molar-refractivity contribution in [3.8, 4) is 0 Å². The molecule has 4 nitrogen and oxygen atoms in total. The standard InChI is InChI=1S/C13H16ClN3O/c14-11-6-7-15-12(8-11)17-13(18)16-9-10-4-2-1-3-5-10/h6-9H,1-5H2,(H2,15,16,17,18). The molecule has 0 radical (unpaired) electrons. The Hall–Kier alpha value is -1.55. The Bertz CT molecular complexity index is 451. The number of pyridine rings is 1. The second-order valence-electron chi connectivity index (χ2n) is 4.32. The van der Waals surface area contributed by atoms with Gasteiger partial charge in [-0.1, -0.05) is 23.6 Å². The van der Waals surface area contributed by atoms with E-state index >= 15 is 0 Å². The maximum Gasteiger partial charge on any atom is 0.324 e. The van der Waals surface area contributed by atoms with E-state index in [1.807, 2.05) is 0 Å². The van der Waals surface area contributed by atoms with Crippen LogP contribution in [0.3, 0.4) is 0 Å². The average molecular weight is 266 g/mol. The number of halogens is 1. The van der Waals surface area contributed by atoms with Crippen molar-refractivity contribution in [3.05, 3.63) is 35.1 Å². The zero-order valence-corrected chi connectivity index (χ0v) is 10.8. The third-order valence-corrected chi connectivity index (χ3v) is 3.10. The number of aromatic nitrogens is 1. The van der Waals surface area contributed by atoms with E-state index in [1.165, 1.54) is 24.8 Å². The predicted octanol–water partition coefficient (Wildman–Crippen LogP) is 3.70. The van der Waals surface area contributed by atoms with Crippen LogP contribution in [-0.2, 0) is 0 Å². The van der Waals surface area contributed by atoms with Gasteiger partial charge in [0, 0.05) is 17.4 Å². The van der Waals surface area contributed by atoms with Crippen LogP contribution >= 0.6 is 11.6 Å². The van der Waals surface area contributed by atoms with Gasteiger partial charge in [-0.3, -0.25) is 5.32 Å². The average Bonchev–Trinajstić information content (AvgIpc) is 2.38. The highest BCUT2D eigenvalue weighted by molar-refractivity contribution is 6.30. The van der Waals surface area contributed by atoms with E-state index in [9.17, 15) is 4.79 Å². The van der Waals surface area contributed by atoms with Crippen LogP contribution in [-0.4, -0.2) is 11.0 Å². The summed E-state index contributed by atoms with van der Waals surface area (Å²) < 4.78 is 0. The maximum atomic E-state index is 11.6. The Balaban J connectivity index is 1.85. The van der Waals surface area contributed by atoms with Gasteiger partial charge in [-0.25, -0.2) is 9.78 Å². The predicted molar refractivity (Wildman–Crippen MR) is 72.6 cm³/mol. The van der Waals surface area contributed by atoms with E-state index in [-0.39, 0.29) is 6.03 Å². The monoisotopic (exact) mass is 265 g/mol. The molecule has 0 spiro atoms. The van der Waals surface area contributed by atoms with E-state index in [0.29, 0.717) is 10.8 Å². The quantitative estimate of drug-likeness (QED) is 0.857. The van der Waals surface area contributed by atoms with Crippen molar-refractivity contribution in [2.45, 2.75) is 32.1 Å². The Morgan fingerprint density at radius 3 is 2.83 bits per heavy atom. The minimum Gasteiger partial charge on any atom is -0.314 e. The minimum atomic E-state index is -0.289. The van der Waals surface area contributed by atoms with E-state index in [4.69, 9.17) is 11.6 Å². The van der Waals surface area contributed by atoms with Crippen molar-refractivity contribution in [2.75, 3.05) is 5.32 Å². The first-order valence-corrected chi connectivity index (χ1v) is 6.49. The van der Waals surface area contributed by atoms with Gasteiger partial charge in [0.1, 0.15) is 5.82 Å². The molecule has 2 rings (SSSR count). The van der Waals surface area contributed by atoms with Gasteiger partial charge in [0.2, 0.25) is 0 Å². The Morgan fingerprint density at radius 1 is 1.33 bits per heavy atom. The van der Waals surface area contributed by atoms with Crippen LogP contribution in [0.15, 0.2) is 30.1 Å². The Kier molecular flexibility index (Phi) is 4.59. The first kappa shape index (κ1) is 12.9. The van der Waals surface area contributed by atoms with Crippen LogP contribution < -0.4 is 10.6 Å². The summed E-state index contributed by atoms with van der Waals surface area (Å²) in [6, 6.07) is 2.98. The molecule has 1 aromatic rings. The van der Waals surface area contributed by atoms with Crippen molar-refractivity contribution < 1.29 is 4.79 Å². The van der Waals surface area contributed by atoms with Crippen LogP contribution in [0.5, 0.6) is 0 Å². The van der Waals surface area contributed by atoms with Gasteiger partial charge in [0.05, 0.1) is 0 Å². The van der Waals surface area contributed by atoms with Crippen LogP contribution in [0.2, 0.25) is 5.02 Å². The number of nitrogens with zero attached hydrogens (tertiary/aromatic N) is 1. The number of allylic oxidation sites excluding steroid dienone is 1. The molecule has 96 valence electrons. The summed E-state index contributed by atoms with van der Waals surface area (Å²) in [5.41, 5.74) is 1.30. The first-order valence-electron chi connectivity index (χ1n) is 6.11. The lowest BCUT2D eigenvalue weighted by molar-refractivity contribution is 0.255. The number of hydrogen-bond donors (Lipinski definition) is 2. The lowest BCUT2D eigenvalue weighted by Crippen LogP contribution is -2.25. The Morgan fingerprint density at radius 2 is 2.11 bits per heavy atom. The summed E-state index contributed by atoms with van der Waals surface area (Å²) in [4.78, 5) is 15.6. The van der Waals surface area contributed by atoms with Gasteiger partial charge in [-0.2, -0.15) is 0 Å². The van der Waals surface area contributed by atoms with Gasteiger partial charge >= 0.3 is 6.03 Å². The summed E-state index contributed by atoms with van der Waals surface area (Å²) >= 11 is 5.80. The fourth-order valence-corrected chi connectivity index (χ4v) is 2.10. The molecule has 0 saturated heterocycles. The second kappa shape index (κ2) is 6.40. The lowest BCUT2D eigenvalue weighted by Gasteiger charge is -2.13. The molecule has 1 saturated carbocycles. The van der Waals surface area contributed by atoms with E-state index in [2.05, 4.69) is 15.6 Å². The fraction of sp³-hybridized carbons (Fsp3) is 0.385. The van der Waals surface area contributed by atoms with Crippen molar-refractivity contribution in [1.29, 1.82) is 0 Å². The van der Waals surface area contributed by atoms with Crippen LogP contribution in [0, 0.1) is 0 Å². The first-order chi connectivity index (χ1) is 8.74. The molecular weight excluding hydrogens is 250 g/mol. The number of nitrogens with one attached hydrogen (secondary N) is 2. The molecule has 2 N–H and O–H groups in total. The van der Waals surface area contributed by atoms with Gasteiger partial charge in [0.15, 0.2) is 0 Å². The van der Waals surface area contributed by atoms with E-state index in [1.54, 1.807) is 24.5 Å². The number of carbonyl (C=O) groups excluding carboxylic acids is 1. The number of hydrogen-bond acceptors (Lipinski definition) is 2. The summed E-state index contributed by atoms with van der Waals surface area (Å²) in [6.45, 7) is 0. The normalized spacial score (nSPS) is 15.1. The van der Waals surface area contributed by atoms with Crippen molar-refractivity contribution in [2.24, 2.45) is 0 Å². The fourth-order valence-electron chi connectivity index (χ4n) is 1.94. The molecule has 1 aromatic heterocycles. The van der Waals surface area contributed by atoms with Crippen LogP contribution in [0.25, 0.3) is 0 Å². The zero-order valence-electron chi connectivity index (χ0n) is 10.1. The molecule has 1 aliphatic rings. The molecule has 1 heterocycles. The van der Waals surface area contributed by atoms with Gasteiger partial charge in [0.25, 0.3) is 0 Å². The number of rotatable bonds is 2. The molecule has 0 bridgehead atoms. The molecule has 1 aliphatic carbocycles. The Labute approximate surface area is 111 Å². The third kappa shape index (κ3) is 4.04. The largest absolute Gasteiger partial charge is 0.324 e. The SMILES string of the molecule is O=C(NC=C1CCCCC1)Nc1cc(Cl)ccn1. The second-order valence-corrected chi connectivity index (χ2v) is 4.76. The van der Waals surface area contributed by atoms with E-state index < -0.39 is 0 Å². The summed E-state index contributed by atoms with van der Waals surface area (Å²) in [6.07, 6.45) is 9.23. The van der Waals surface area contributed by atoms with Crippen LogP contribution in [0.4, 0.5) is 10.6 Å². The van der Waals surface area contributed by atoms with Gasteiger partial charge in [-0.15, -0.1) is 0 Å². The van der Waals surface area contributed by atoms with Crippen molar-refractivity contribution in [1.82, 2.24) is 10.3 Å². The highest BCUT2D eigenvalue weighted by atomic mass is 35.5. The highest BCUT2D eigenvalue weighted by Gasteiger charge is 2.06. The molecule has 0 atom stereocenters. The zero-order chi connectivity index (χ0) is 12.8. The molecular formula is C13H16ClN3O. The van der Waals surface area contributed by atoms with Crippen LogP contribution in [0.1, 0.15) is 32.1 Å². The molecule has 0 unspecified atom stereocenters. The number of amides is 2. The number of anilines is 1. The smallest absolute Gasteiger partial charge is 0.314 e. The highest BCUT2D eigenvalue weighted by Crippen LogP contribution is 2.21. The molecule has 18 heavy (non-hydrogen) atoms. The molecule has 0 aromatic carbocycles. The molecule has 0 aliphatic heterocycles. The maximum absolute atomic E-state index is 11.6. The molecule has 2 amide bonds. The summed E-state index contributed by atoms with van der Waals surface area (Å²) in [5, 5.41) is 5.90. The lowest BCUT2D eigenvalue weighted by atomic mass is 9.96. The molecule has 1 fully saturated rings. The van der Waals surface area contributed by atoms with E-state index in [0.717, 1.165) is 12.8 Å². The van der Waals surface area contributed by atoms with Gasteiger partial charge in [-0.05, 0) is 37.8 Å². The summed E-state index contributed by atoms with van der Waals surface area (Å²) in [5.74, 6) is 0.446. The van der Waals surface area contributed by atoms with Crippen molar-refractivity contribution in [3.63, 3.8) is 0 Å². The third-order valence-electron chi connectivity index (χ3n) is 2.87. The van der Waals surface area contributed by atoms with Gasteiger partial charge < -0.3 is 5.32 Å². The van der Waals surface area contributed by atoms with Crippen molar-refractivity contribution >= 4 is 23.4 Å². The summed E-state index contributed by atoms with van der Waals surface area (Å²) in [7, 11) is 0. The molecule has 5 heteroatoms. The number of carbonyl (C=O) groups is 1.